The van der Waals surface area contributed by atoms with Crippen LogP contribution in [0.3, 0.4) is 0 Å². The van der Waals surface area contributed by atoms with Crippen molar-refractivity contribution in [3.8, 4) is 11.5 Å². The molecule has 4 nitrogen and oxygen atoms in total. The van der Waals surface area contributed by atoms with Gasteiger partial charge in [-0.15, -0.1) is 11.3 Å². The molecule has 0 saturated carbocycles. The lowest BCUT2D eigenvalue weighted by Gasteiger charge is -2.22. The third-order valence-corrected chi connectivity index (χ3v) is 4.61. The van der Waals surface area contributed by atoms with Crippen molar-refractivity contribution in [2.45, 2.75) is 18.9 Å². The summed E-state index contributed by atoms with van der Waals surface area (Å²) in [6, 6.07) is 7.76. The largest absolute Gasteiger partial charge is 0.496 e. The molecule has 2 rings (SSSR count). The van der Waals surface area contributed by atoms with E-state index in [0.29, 0.717) is 12.3 Å². The fraction of sp³-hybridized carbons (Fsp3) is 0.375. The Labute approximate surface area is 129 Å². The monoisotopic (exact) mass is 307 g/mol. The second kappa shape index (κ2) is 6.93. The van der Waals surface area contributed by atoms with Crippen molar-refractivity contribution < 1.29 is 14.6 Å². The van der Waals surface area contributed by atoms with Gasteiger partial charge in [0, 0.05) is 12.5 Å². The first kappa shape index (κ1) is 15.8. The van der Waals surface area contributed by atoms with E-state index in [1.54, 1.807) is 14.2 Å². The lowest BCUT2D eigenvalue weighted by molar-refractivity contribution is 0.147. The topological polar surface area (TPSA) is 64.7 Å². The van der Waals surface area contributed by atoms with Gasteiger partial charge in [-0.25, -0.2) is 0 Å². The van der Waals surface area contributed by atoms with E-state index in [0.717, 1.165) is 21.8 Å². The van der Waals surface area contributed by atoms with Crippen molar-refractivity contribution >= 4 is 11.3 Å². The van der Waals surface area contributed by atoms with Crippen LogP contribution in [0.25, 0.3) is 0 Å². The molecular formula is C16H21NO3S. The zero-order valence-corrected chi connectivity index (χ0v) is 13.3. The maximum Gasteiger partial charge on any atom is 0.135 e. The zero-order valence-electron chi connectivity index (χ0n) is 12.5. The molecule has 0 aliphatic carbocycles. The van der Waals surface area contributed by atoms with Gasteiger partial charge in [-0.2, -0.15) is 0 Å². The molecule has 0 aliphatic rings. The van der Waals surface area contributed by atoms with Gasteiger partial charge < -0.3 is 20.3 Å². The molecule has 0 saturated heterocycles. The van der Waals surface area contributed by atoms with E-state index in [2.05, 4.69) is 0 Å². The number of methoxy groups -OCH3 is 2. The third kappa shape index (κ3) is 3.20. The Kier molecular flexibility index (Phi) is 5.22. The Morgan fingerprint density at radius 3 is 2.52 bits per heavy atom. The average molecular weight is 307 g/mol. The predicted octanol–water partition coefficient (Wildman–Crippen LogP) is 2.85. The van der Waals surface area contributed by atoms with Gasteiger partial charge in [-0.1, -0.05) is 12.1 Å². The lowest BCUT2D eigenvalue weighted by Crippen LogP contribution is -2.20. The van der Waals surface area contributed by atoms with E-state index < -0.39 is 6.10 Å². The summed E-state index contributed by atoms with van der Waals surface area (Å²) in [6.45, 7) is 2.33. The Hall–Kier alpha value is -1.56. The van der Waals surface area contributed by atoms with Crippen molar-refractivity contribution in [3.05, 3.63) is 45.6 Å². The summed E-state index contributed by atoms with van der Waals surface area (Å²) in [5.41, 5.74) is 7.91. The molecule has 0 aliphatic heterocycles. The van der Waals surface area contributed by atoms with E-state index in [1.807, 2.05) is 36.6 Å². The quantitative estimate of drug-likeness (QED) is 0.861. The Balaban J connectivity index is 2.35. The predicted molar refractivity (Wildman–Crippen MR) is 85.4 cm³/mol. The minimum absolute atomic E-state index is 0.202. The molecule has 1 aromatic carbocycles. The summed E-state index contributed by atoms with van der Waals surface area (Å²) < 4.78 is 10.6. The van der Waals surface area contributed by atoms with Gasteiger partial charge in [0.2, 0.25) is 0 Å². The summed E-state index contributed by atoms with van der Waals surface area (Å²) in [4.78, 5) is 0.799. The van der Waals surface area contributed by atoms with Gasteiger partial charge in [0.05, 0.1) is 25.2 Å². The van der Waals surface area contributed by atoms with Crippen LogP contribution in [0.5, 0.6) is 11.5 Å². The molecule has 3 N–H and O–H groups in total. The molecule has 5 heteroatoms. The molecule has 1 heterocycles. The number of aryl methyl sites for hydroxylation is 1. The maximum atomic E-state index is 10.7. The van der Waals surface area contributed by atoms with E-state index in [9.17, 15) is 5.11 Å². The SMILES string of the molecule is COc1cc(C(CN)C(O)c2sccc2OC)ccc1C. The zero-order chi connectivity index (χ0) is 15.4. The molecule has 0 spiro atoms. The second-order valence-electron chi connectivity index (χ2n) is 4.87. The summed E-state index contributed by atoms with van der Waals surface area (Å²) in [6.07, 6.45) is -0.697. The molecule has 114 valence electrons. The van der Waals surface area contributed by atoms with Crippen LogP contribution in [0.1, 0.15) is 28.0 Å². The molecule has 2 atom stereocenters. The number of rotatable bonds is 6. The first-order chi connectivity index (χ1) is 10.1. The van der Waals surface area contributed by atoms with Crippen LogP contribution in [0.4, 0.5) is 0 Å². The molecule has 1 aromatic heterocycles. The highest BCUT2D eigenvalue weighted by atomic mass is 32.1. The van der Waals surface area contributed by atoms with Gasteiger partial charge in [0.1, 0.15) is 11.5 Å². The first-order valence-corrected chi connectivity index (χ1v) is 7.64. The van der Waals surface area contributed by atoms with Gasteiger partial charge in [-0.3, -0.25) is 0 Å². The second-order valence-corrected chi connectivity index (χ2v) is 5.82. The fourth-order valence-electron chi connectivity index (χ4n) is 2.39. The summed E-state index contributed by atoms with van der Waals surface area (Å²) in [5.74, 6) is 1.30. The van der Waals surface area contributed by atoms with E-state index in [4.69, 9.17) is 15.2 Å². The molecule has 2 aromatic rings. The van der Waals surface area contributed by atoms with E-state index in [-0.39, 0.29) is 5.92 Å². The van der Waals surface area contributed by atoms with Crippen molar-refractivity contribution in [2.75, 3.05) is 20.8 Å². The first-order valence-electron chi connectivity index (χ1n) is 6.76. The highest BCUT2D eigenvalue weighted by Gasteiger charge is 2.26. The van der Waals surface area contributed by atoms with Crippen LogP contribution in [-0.4, -0.2) is 25.9 Å². The number of aliphatic hydroxyl groups excluding tert-OH is 1. The number of ether oxygens (including phenoxy) is 2. The minimum Gasteiger partial charge on any atom is -0.496 e. The Morgan fingerprint density at radius 1 is 1.19 bits per heavy atom. The van der Waals surface area contributed by atoms with Crippen molar-refractivity contribution in [1.29, 1.82) is 0 Å². The molecule has 0 amide bonds. The van der Waals surface area contributed by atoms with E-state index in [1.165, 1.54) is 11.3 Å². The molecule has 2 unspecified atom stereocenters. The number of aliphatic hydroxyl groups is 1. The fourth-order valence-corrected chi connectivity index (χ4v) is 3.30. The van der Waals surface area contributed by atoms with E-state index >= 15 is 0 Å². The Bertz CT molecular complexity index is 597. The summed E-state index contributed by atoms with van der Waals surface area (Å²) in [7, 11) is 3.24. The van der Waals surface area contributed by atoms with Gasteiger partial charge in [-0.05, 0) is 35.6 Å². The average Bonchev–Trinajstić information content (AvgIpc) is 2.97. The molecule has 21 heavy (non-hydrogen) atoms. The van der Waals surface area contributed by atoms with Crippen molar-refractivity contribution in [1.82, 2.24) is 0 Å². The standard InChI is InChI=1S/C16H21NO3S/c1-10-4-5-11(8-14(10)20-3)12(9-17)15(18)16-13(19-2)6-7-21-16/h4-8,12,15,18H,9,17H2,1-3H3. The van der Waals surface area contributed by atoms with Crippen molar-refractivity contribution in [2.24, 2.45) is 5.73 Å². The number of benzene rings is 1. The maximum absolute atomic E-state index is 10.7. The normalized spacial score (nSPS) is 13.8. The van der Waals surface area contributed by atoms with Crippen LogP contribution in [0.2, 0.25) is 0 Å². The number of thiophene rings is 1. The molecule has 0 radical (unpaired) electrons. The van der Waals surface area contributed by atoms with Crippen LogP contribution < -0.4 is 15.2 Å². The highest BCUT2D eigenvalue weighted by molar-refractivity contribution is 7.10. The lowest BCUT2D eigenvalue weighted by atomic mass is 9.91. The van der Waals surface area contributed by atoms with Crippen molar-refractivity contribution in [3.63, 3.8) is 0 Å². The highest BCUT2D eigenvalue weighted by Crippen LogP contribution is 2.39. The Morgan fingerprint density at radius 2 is 1.90 bits per heavy atom. The summed E-state index contributed by atoms with van der Waals surface area (Å²) in [5, 5.41) is 12.6. The van der Waals surface area contributed by atoms with Crippen LogP contribution in [0.15, 0.2) is 29.6 Å². The van der Waals surface area contributed by atoms with Crippen LogP contribution in [-0.2, 0) is 0 Å². The van der Waals surface area contributed by atoms with Gasteiger partial charge in [0.25, 0.3) is 0 Å². The van der Waals surface area contributed by atoms with Crippen LogP contribution >= 0.6 is 11.3 Å². The third-order valence-electron chi connectivity index (χ3n) is 3.64. The number of hydrogen-bond acceptors (Lipinski definition) is 5. The van der Waals surface area contributed by atoms with Crippen LogP contribution in [0, 0.1) is 6.92 Å². The smallest absolute Gasteiger partial charge is 0.135 e. The van der Waals surface area contributed by atoms with Gasteiger partial charge in [0.15, 0.2) is 0 Å². The molecule has 0 fully saturated rings. The number of hydrogen-bond donors (Lipinski definition) is 2. The van der Waals surface area contributed by atoms with Gasteiger partial charge >= 0.3 is 0 Å². The minimum atomic E-state index is -0.697. The number of nitrogens with two attached hydrogens (primary N) is 1. The summed E-state index contributed by atoms with van der Waals surface area (Å²) >= 11 is 1.47. The molecular weight excluding hydrogens is 286 g/mol. The molecule has 0 bridgehead atoms.